The molecular weight excluding hydrogens is 267 g/mol. The summed E-state index contributed by atoms with van der Waals surface area (Å²) in [5, 5.41) is 2.36. The van der Waals surface area contributed by atoms with Gasteiger partial charge in [0.1, 0.15) is 0 Å². The van der Waals surface area contributed by atoms with E-state index in [4.69, 9.17) is 4.74 Å². The Balaban J connectivity index is 2.67. The highest BCUT2D eigenvalue weighted by atomic mass is 19.4. The van der Waals surface area contributed by atoms with Crippen molar-refractivity contribution in [3.63, 3.8) is 0 Å². The summed E-state index contributed by atoms with van der Waals surface area (Å²) in [5.41, 5.74) is -1.99. The van der Waals surface area contributed by atoms with Gasteiger partial charge in [-0.15, -0.1) is 0 Å². The van der Waals surface area contributed by atoms with Crippen LogP contribution in [0.4, 0.5) is 13.2 Å². The number of allylic oxidation sites excluding steroid dienone is 1. The van der Waals surface area contributed by atoms with Gasteiger partial charge in [0, 0.05) is 11.6 Å². The highest BCUT2D eigenvalue weighted by molar-refractivity contribution is 5.89. The largest absolute Gasteiger partial charge is 0.469 e. The lowest BCUT2D eigenvalue weighted by atomic mass is 9.93. The monoisotopic (exact) mass is 281 g/mol. The summed E-state index contributed by atoms with van der Waals surface area (Å²) in [4.78, 5) is 22.6. The van der Waals surface area contributed by atoms with Gasteiger partial charge in [-0.25, -0.2) is 0 Å². The molecule has 0 atom stereocenters. The first-order valence-corrected chi connectivity index (χ1v) is 5.41. The predicted octanol–water partition coefficient (Wildman–Crippen LogP) is 0.943. The van der Waals surface area contributed by atoms with E-state index in [0.717, 1.165) is 6.92 Å². The van der Waals surface area contributed by atoms with Crippen LogP contribution >= 0.6 is 0 Å². The van der Waals surface area contributed by atoms with E-state index in [1.165, 1.54) is 7.11 Å². The number of esters is 1. The van der Waals surface area contributed by atoms with Crippen LogP contribution in [0.1, 0.15) is 13.3 Å². The van der Waals surface area contributed by atoms with Gasteiger partial charge in [-0.3, -0.25) is 9.59 Å². The molecule has 19 heavy (non-hydrogen) atoms. The Kier molecular flexibility index (Phi) is 4.56. The Morgan fingerprint density at radius 1 is 1.42 bits per heavy atom. The summed E-state index contributed by atoms with van der Waals surface area (Å²) in [6, 6.07) is 0. The third kappa shape index (κ3) is 4.23. The molecule has 0 bridgehead atoms. The predicted molar refractivity (Wildman–Crippen MR) is 58.1 cm³/mol. The fraction of sp³-hybridized carbons (Fsp3) is 0.636. The minimum absolute atomic E-state index is 0.0622. The Hall–Kier alpha value is -1.57. The first-order valence-electron chi connectivity index (χ1n) is 5.41. The number of nitrogens with one attached hydrogen (secondary N) is 1. The van der Waals surface area contributed by atoms with Gasteiger partial charge in [0.05, 0.1) is 32.3 Å². The summed E-state index contributed by atoms with van der Waals surface area (Å²) in [7, 11) is 1.19. The lowest BCUT2D eigenvalue weighted by Gasteiger charge is -2.40. The van der Waals surface area contributed by atoms with E-state index in [1.54, 1.807) is 0 Å². The van der Waals surface area contributed by atoms with Crippen LogP contribution < -0.4 is 5.32 Å². The van der Waals surface area contributed by atoms with Crippen molar-refractivity contribution in [1.29, 1.82) is 0 Å². The van der Waals surface area contributed by atoms with Crippen molar-refractivity contribution < 1.29 is 32.2 Å². The molecule has 1 saturated heterocycles. The molecule has 1 aliphatic heterocycles. The van der Waals surface area contributed by atoms with E-state index in [0.29, 0.717) is 6.08 Å². The van der Waals surface area contributed by atoms with E-state index in [9.17, 15) is 22.8 Å². The summed E-state index contributed by atoms with van der Waals surface area (Å²) >= 11 is 0. The zero-order valence-electron chi connectivity index (χ0n) is 10.5. The average Bonchev–Trinajstić information content (AvgIpc) is 2.24. The molecule has 0 aromatic heterocycles. The van der Waals surface area contributed by atoms with Gasteiger partial charge in [0.15, 0.2) is 0 Å². The average molecular weight is 281 g/mol. The smallest absolute Gasteiger partial charge is 0.412 e. The normalized spacial score (nSPS) is 18.5. The first kappa shape index (κ1) is 15.5. The summed E-state index contributed by atoms with van der Waals surface area (Å²) in [5.74, 6) is -1.48. The van der Waals surface area contributed by atoms with Crippen LogP contribution in [0, 0.1) is 0 Å². The van der Waals surface area contributed by atoms with Gasteiger partial charge in [0.25, 0.3) is 0 Å². The summed E-state index contributed by atoms with van der Waals surface area (Å²) in [6.45, 7) is 0.920. The van der Waals surface area contributed by atoms with E-state index in [2.05, 4.69) is 10.1 Å². The lowest BCUT2D eigenvalue weighted by Crippen LogP contribution is -2.63. The highest BCUT2D eigenvalue weighted by Gasteiger charge is 2.42. The van der Waals surface area contributed by atoms with Crippen LogP contribution in [-0.4, -0.2) is 43.9 Å². The Morgan fingerprint density at radius 3 is 2.37 bits per heavy atom. The topological polar surface area (TPSA) is 64.6 Å². The maximum Gasteiger partial charge on any atom is 0.412 e. The van der Waals surface area contributed by atoms with E-state index < -0.39 is 29.2 Å². The number of methoxy groups -OCH3 is 1. The molecule has 1 heterocycles. The third-order valence-corrected chi connectivity index (χ3v) is 2.65. The van der Waals surface area contributed by atoms with Crippen LogP contribution in [-0.2, 0) is 19.1 Å². The molecule has 5 nitrogen and oxygen atoms in total. The Labute approximate surface area is 107 Å². The van der Waals surface area contributed by atoms with Gasteiger partial charge in [-0.2, -0.15) is 13.2 Å². The van der Waals surface area contributed by atoms with Crippen molar-refractivity contribution in [1.82, 2.24) is 5.32 Å². The molecule has 1 rings (SSSR count). The van der Waals surface area contributed by atoms with Crippen LogP contribution in [0.25, 0.3) is 0 Å². The second-order valence-electron chi connectivity index (χ2n) is 4.34. The van der Waals surface area contributed by atoms with E-state index >= 15 is 0 Å². The quantitative estimate of drug-likeness (QED) is 0.615. The van der Waals surface area contributed by atoms with Crippen molar-refractivity contribution in [2.75, 3.05) is 20.3 Å². The standard InChI is InChI=1S/C11H14F3NO4/c1-7(11(12,13)14)3-8(16)15-10(5-19-6-10)4-9(17)18-2/h3H,4-6H2,1-2H3,(H,15,16)/b7-3+. The van der Waals surface area contributed by atoms with Crippen LogP contribution in [0.2, 0.25) is 0 Å². The number of carbonyl (C=O) groups excluding carboxylic acids is 2. The second kappa shape index (κ2) is 5.60. The summed E-state index contributed by atoms with van der Waals surface area (Å²) in [6.07, 6.45) is -4.24. The molecule has 0 aliphatic carbocycles. The van der Waals surface area contributed by atoms with Gasteiger partial charge < -0.3 is 14.8 Å². The molecule has 0 aromatic rings. The maximum absolute atomic E-state index is 12.3. The molecular formula is C11H14F3NO4. The van der Waals surface area contributed by atoms with Crippen LogP contribution in [0.5, 0.6) is 0 Å². The van der Waals surface area contributed by atoms with Crippen molar-refractivity contribution >= 4 is 11.9 Å². The molecule has 0 unspecified atom stereocenters. The minimum atomic E-state index is -4.55. The van der Waals surface area contributed by atoms with Gasteiger partial charge in [-0.1, -0.05) is 0 Å². The number of amides is 1. The molecule has 8 heteroatoms. The fourth-order valence-electron chi connectivity index (χ4n) is 1.49. The van der Waals surface area contributed by atoms with Crippen molar-refractivity contribution in [3.8, 4) is 0 Å². The molecule has 0 spiro atoms. The number of hydrogen-bond acceptors (Lipinski definition) is 4. The van der Waals surface area contributed by atoms with Crippen molar-refractivity contribution in [2.45, 2.75) is 25.1 Å². The molecule has 1 fully saturated rings. The number of halogens is 3. The first-order chi connectivity index (χ1) is 8.68. The molecule has 108 valence electrons. The van der Waals surface area contributed by atoms with Crippen molar-refractivity contribution in [3.05, 3.63) is 11.6 Å². The SMILES string of the molecule is COC(=O)CC1(NC(=O)/C=C(\C)C(F)(F)F)COC1. The lowest BCUT2D eigenvalue weighted by molar-refractivity contribution is -0.152. The van der Waals surface area contributed by atoms with Crippen molar-refractivity contribution in [2.24, 2.45) is 0 Å². The molecule has 0 radical (unpaired) electrons. The molecule has 1 aliphatic rings. The van der Waals surface area contributed by atoms with E-state index in [1.807, 2.05) is 0 Å². The Bertz CT molecular complexity index is 399. The molecule has 1 amide bonds. The number of ether oxygens (including phenoxy) is 2. The number of hydrogen-bond donors (Lipinski definition) is 1. The molecule has 0 saturated carbocycles. The minimum Gasteiger partial charge on any atom is -0.469 e. The molecule has 1 N–H and O–H groups in total. The maximum atomic E-state index is 12.3. The number of rotatable bonds is 4. The van der Waals surface area contributed by atoms with E-state index in [-0.39, 0.29) is 19.6 Å². The Morgan fingerprint density at radius 2 is 2.00 bits per heavy atom. The summed E-state index contributed by atoms with van der Waals surface area (Å²) < 4.78 is 46.1. The zero-order valence-corrected chi connectivity index (χ0v) is 10.5. The number of carbonyl (C=O) groups is 2. The zero-order chi connectivity index (χ0) is 14.7. The number of alkyl halides is 3. The highest BCUT2D eigenvalue weighted by Crippen LogP contribution is 2.25. The van der Waals surface area contributed by atoms with Crippen LogP contribution in [0.3, 0.4) is 0 Å². The fourth-order valence-corrected chi connectivity index (χ4v) is 1.49. The van der Waals surface area contributed by atoms with Gasteiger partial charge in [-0.05, 0) is 6.92 Å². The van der Waals surface area contributed by atoms with Crippen LogP contribution in [0.15, 0.2) is 11.6 Å². The second-order valence-corrected chi connectivity index (χ2v) is 4.34. The third-order valence-electron chi connectivity index (χ3n) is 2.65. The van der Waals surface area contributed by atoms with Gasteiger partial charge >= 0.3 is 12.1 Å². The van der Waals surface area contributed by atoms with Gasteiger partial charge in [0.2, 0.25) is 5.91 Å². The molecule has 0 aromatic carbocycles.